The third-order valence-electron chi connectivity index (χ3n) is 5.18. The fourth-order valence-electron chi connectivity index (χ4n) is 3.49. The molecule has 2 N–H and O–H groups in total. The highest BCUT2D eigenvalue weighted by Crippen LogP contribution is 2.17. The van der Waals surface area contributed by atoms with Crippen LogP contribution in [0.1, 0.15) is 57.8 Å². The summed E-state index contributed by atoms with van der Waals surface area (Å²) < 4.78 is 4.98. The molecule has 9 heteroatoms. The lowest BCUT2D eigenvalue weighted by Crippen LogP contribution is -2.39. The highest BCUT2D eigenvalue weighted by atomic mass is 32.1. The van der Waals surface area contributed by atoms with E-state index in [0.717, 1.165) is 19.5 Å². The lowest BCUT2D eigenvalue weighted by atomic mass is 10.0. The molecule has 0 spiro atoms. The Bertz CT molecular complexity index is 839. The zero-order valence-corrected chi connectivity index (χ0v) is 18.3. The highest BCUT2D eigenvalue weighted by Gasteiger charge is 2.17. The molecule has 3 rings (SSSR count). The Balaban J connectivity index is 1.42. The van der Waals surface area contributed by atoms with Crippen LogP contribution in [-0.4, -0.2) is 59.7 Å². The predicted octanol–water partition coefficient (Wildman–Crippen LogP) is 2.93. The van der Waals surface area contributed by atoms with Gasteiger partial charge in [-0.3, -0.25) is 9.59 Å². The van der Waals surface area contributed by atoms with Crippen LogP contribution in [0.5, 0.6) is 0 Å². The second-order valence-corrected chi connectivity index (χ2v) is 8.52. The molecule has 8 nitrogen and oxygen atoms in total. The van der Waals surface area contributed by atoms with Gasteiger partial charge in [0, 0.05) is 37.5 Å². The van der Waals surface area contributed by atoms with Gasteiger partial charge in [-0.1, -0.05) is 17.8 Å². The Kier molecular flexibility index (Phi) is 8.30. The Hall–Kier alpha value is -2.36. The third-order valence-corrected chi connectivity index (χ3v) is 6.08. The molecule has 1 atom stereocenters. The van der Waals surface area contributed by atoms with Gasteiger partial charge in [0.15, 0.2) is 0 Å². The van der Waals surface area contributed by atoms with Crippen LogP contribution in [0, 0.1) is 0 Å². The van der Waals surface area contributed by atoms with E-state index in [-0.39, 0.29) is 16.8 Å². The number of ether oxygens (including phenoxy) is 1. The van der Waals surface area contributed by atoms with Crippen LogP contribution >= 0.6 is 11.3 Å². The average Bonchev–Trinajstić information content (AvgIpc) is 3.22. The van der Waals surface area contributed by atoms with Crippen LogP contribution < -0.4 is 10.6 Å². The summed E-state index contributed by atoms with van der Waals surface area (Å²) in [5.74, 6) is -0.438. The van der Waals surface area contributed by atoms with Crippen LogP contribution in [0.3, 0.4) is 0 Å². The van der Waals surface area contributed by atoms with Crippen molar-refractivity contribution in [1.29, 1.82) is 0 Å². The summed E-state index contributed by atoms with van der Waals surface area (Å²) in [5, 5.41) is 14.4. The van der Waals surface area contributed by atoms with Crippen LogP contribution in [0.15, 0.2) is 24.3 Å². The van der Waals surface area contributed by atoms with Gasteiger partial charge in [0.05, 0.1) is 6.61 Å². The predicted molar refractivity (Wildman–Crippen MR) is 117 cm³/mol. The molecule has 0 radical (unpaired) electrons. The molecular weight excluding hydrogens is 402 g/mol. The first-order valence-corrected chi connectivity index (χ1v) is 11.1. The molecule has 1 aliphatic rings. The van der Waals surface area contributed by atoms with E-state index in [1.165, 1.54) is 30.6 Å². The van der Waals surface area contributed by atoms with E-state index >= 15 is 0 Å². The standard InChI is InChI=1S/C21H29N5O3S/c1-15-6-3-4-12-26(15)13-5-11-22-19(27)16-7-9-17(10-8-16)23-20(28)21-25-24-18(30-21)14-29-2/h7-10,15H,3-6,11-14H2,1-2H3,(H,22,27)(H,23,28)/t15-/m1/s1. The van der Waals surface area contributed by atoms with Crippen molar-refractivity contribution in [2.45, 2.75) is 45.3 Å². The van der Waals surface area contributed by atoms with Gasteiger partial charge in [0.2, 0.25) is 5.01 Å². The van der Waals surface area contributed by atoms with Gasteiger partial charge in [0.1, 0.15) is 5.01 Å². The number of methoxy groups -OCH3 is 1. The molecule has 1 saturated heterocycles. The number of nitrogens with one attached hydrogen (secondary N) is 2. The molecule has 1 aromatic carbocycles. The number of anilines is 1. The number of amides is 2. The number of hydrogen-bond acceptors (Lipinski definition) is 7. The molecule has 162 valence electrons. The number of aromatic nitrogens is 2. The van der Waals surface area contributed by atoms with Crippen molar-refractivity contribution in [2.24, 2.45) is 0 Å². The smallest absolute Gasteiger partial charge is 0.286 e. The minimum Gasteiger partial charge on any atom is -0.377 e. The largest absolute Gasteiger partial charge is 0.377 e. The first-order valence-electron chi connectivity index (χ1n) is 10.3. The van der Waals surface area contributed by atoms with Gasteiger partial charge in [0.25, 0.3) is 11.8 Å². The van der Waals surface area contributed by atoms with Gasteiger partial charge >= 0.3 is 0 Å². The maximum absolute atomic E-state index is 12.3. The number of carbonyl (C=O) groups excluding carboxylic acids is 2. The van der Waals surface area contributed by atoms with Crippen molar-refractivity contribution in [1.82, 2.24) is 20.4 Å². The lowest BCUT2D eigenvalue weighted by molar-refractivity contribution is 0.0948. The number of nitrogens with zero attached hydrogens (tertiary/aromatic N) is 3. The molecule has 1 fully saturated rings. The van der Waals surface area contributed by atoms with E-state index < -0.39 is 0 Å². The zero-order chi connectivity index (χ0) is 21.3. The number of carbonyl (C=O) groups is 2. The van der Waals surface area contributed by atoms with Gasteiger partial charge in [-0.15, -0.1) is 10.2 Å². The van der Waals surface area contributed by atoms with Crippen LogP contribution in [-0.2, 0) is 11.3 Å². The molecule has 0 bridgehead atoms. The SMILES string of the molecule is COCc1nnc(C(=O)Nc2ccc(C(=O)NCCCN3CCCC[C@H]3C)cc2)s1. The van der Waals surface area contributed by atoms with Crippen molar-refractivity contribution in [3.05, 3.63) is 39.8 Å². The van der Waals surface area contributed by atoms with Gasteiger partial charge in [-0.05, 0) is 57.0 Å². The Morgan fingerprint density at radius 3 is 2.73 bits per heavy atom. The Labute approximate surface area is 181 Å². The molecule has 1 aliphatic heterocycles. The van der Waals surface area contributed by atoms with E-state index in [1.54, 1.807) is 31.4 Å². The summed E-state index contributed by atoms with van der Waals surface area (Å²) in [5.41, 5.74) is 1.16. The monoisotopic (exact) mass is 431 g/mol. The minimum absolute atomic E-state index is 0.104. The van der Waals surface area contributed by atoms with Crippen molar-refractivity contribution in [3.8, 4) is 0 Å². The van der Waals surface area contributed by atoms with Gasteiger partial charge < -0.3 is 20.3 Å². The first-order chi connectivity index (χ1) is 14.6. The van der Waals surface area contributed by atoms with E-state index in [9.17, 15) is 9.59 Å². The van der Waals surface area contributed by atoms with Crippen molar-refractivity contribution < 1.29 is 14.3 Å². The summed E-state index contributed by atoms with van der Waals surface area (Å²) in [4.78, 5) is 27.1. The summed E-state index contributed by atoms with van der Waals surface area (Å²) in [6.07, 6.45) is 4.80. The Morgan fingerprint density at radius 2 is 2.00 bits per heavy atom. The van der Waals surface area contributed by atoms with Crippen molar-refractivity contribution in [3.63, 3.8) is 0 Å². The second kappa shape index (κ2) is 11.1. The number of likely N-dealkylation sites (tertiary alicyclic amines) is 1. The van der Waals surface area contributed by atoms with Crippen LogP contribution in [0.2, 0.25) is 0 Å². The Morgan fingerprint density at radius 1 is 1.20 bits per heavy atom. The summed E-state index contributed by atoms with van der Waals surface area (Å²) in [6.45, 7) is 5.44. The summed E-state index contributed by atoms with van der Waals surface area (Å²) in [7, 11) is 1.56. The second-order valence-electron chi connectivity index (χ2n) is 7.46. The number of rotatable bonds is 9. The lowest BCUT2D eigenvalue weighted by Gasteiger charge is -2.33. The van der Waals surface area contributed by atoms with Crippen LogP contribution in [0.25, 0.3) is 0 Å². The van der Waals surface area contributed by atoms with Crippen LogP contribution in [0.4, 0.5) is 5.69 Å². The molecule has 2 amide bonds. The molecule has 2 heterocycles. The first kappa shape index (κ1) is 22.3. The average molecular weight is 432 g/mol. The summed E-state index contributed by atoms with van der Waals surface area (Å²) in [6, 6.07) is 7.46. The maximum Gasteiger partial charge on any atom is 0.286 e. The van der Waals surface area contributed by atoms with Crippen molar-refractivity contribution >= 4 is 28.8 Å². The molecule has 2 aromatic rings. The minimum atomic E-state index is -0.334. The quantitative estimate of drug-likeness (QED) is 0.593. The van der Waals surface area contributed by atoms with E-state index in [1.807, 2.05) is 0 Å². The highest BCUT2D eigenvalue weighted by molar-refractivity contribution is 7.13. The molecule has 0 aliphatic carbocycles. The zero-order valence-electron chi connectivity index (χ0n) is 17.5. The third kappa shape index (κ3) is 6.32. The van der Waals surface area contributed by atoms with Gasteiger partial charge in [-0.25, -0.2) is 0 Å². The molecule has 0 unspecified atom stereocenters. The van der Waals surface area contributed by atoms with Gasteiger partial charge in [-0.2, -0.15) is 0 Å². The van der Waals surface area contributed by atoms with E-state index in [4.69, 9.17) is 4.74 Å². The fourth-order valence-corrected chi connectivity index (χ4v) is 4.20. The maximum atomic E-state index is 12.3. The number of piperidine rings is 1. The number of benzene rings is 1. The molecular formula is C21H29N5O3S. The molecule has 30 heavy (non-hydrogen) atoms. The fraction of sp³-hybridized carbons (Fsp3) is 0.524. The number of hydrogen-bond donors (Lipinski definition) is 2. The van der Waals surface area contributed by atoms with E-state index in [2.05, 4.69) is 32.7 Å². The van der Waals surface area contributed by atoms with Crippen molar-refractivity contribution in [2.75, 3.05) is 32.1 Å². The molecule has 1 aromatic heterocycles. The molecule has 0 saturated carbocycles. The van der Waals surface area contributed by atoms with E-state index in [0.29, 0.717) is 35.5 Å². The normalized spacial score (nSPS) is 16.9. The topological polar surface area (TPSA) is 96.5 Å². The summed E-state index contributed by atoms with van der Waals surface area (Å²) >= 11 is 1.19.